The number of aromatic nitrogens is 3. The Kier molecular flexibility index (Phi) is 8.86. The number of piperidine rings is 1. The minimum atomic E-state index is -0.514. The number of aromatic amines is 1. The summed E-state index contributed by atoms with van der Waals surface area (Å²) in [6, 6.07) is -0.233. The second-order valence-corrected chi connectivity index (χ2v) is 8.89. The summed E-state index contributed by atoms with van der Waals surface area (Å²) in [5.74, 6) is -0.676. The summed E-state index contributed by atoms with van der Waals surface area (Å²) < 4.78 is 10.8. The third-order valence-electron chi connectivity index (χ3n) is 5.39. The van der Waals surface area contributed by atoms with Crippen LogP contribution in [0.25, 0.3) is 0 Å². The summed E-state index contributed by atoms with van der Waals surface area (Å²) in [7, 11) is 3.04. The zero-order valence-electron chi connectivity index (χ0n) is 19.8. The number of methoxy groups -OCH3 is 1. The second-order valence-electron chi connectivity index (χ2n) is 7.55. The van der Waals surface area contributed by atoms with Crippen LogP contribution in [0.1, 0.15) is 58.9 Å². The lowest BCUT2D eigenvalue weighted by molar-refractivity contribution is 0.0516. The van der Waals surface area contributed by atoms with Crippen molar-refractivity contribution in [2.45, 2.75) is 45.8 Å². The average molecular weight is 513 g/mol. The first-order chi connectivity index (χ1) is 16.3. The van der Waals surface area contributed by atoms with Gasteiger partial charge in [0.25, 0.3) is 5.91 Å². The largest absolute Gasteiger partial charge is 0.461 e. The minimum Gasteiger partial charge on any atom is -0.461 e. The molecule has 3 rings (SSSR count). The van der Waals surface area contributed by atoms with Gasteiger partial charge >= 0.3 is 5.97 Å². The van der Waals surface area contributed by atoms with Crippen molar-refractivity contribution in [3.8, 4) is 0 Å². The van der Waals surface area contributed by atoms with Crippen LogP contribution in [0.3, 0.4) is 0 Å². The summed E-state index contributed by atoms with van der Waals surface area (Å²) in [5.41, 5.74) is 1.45. The highest BCUT2D eigenvalue weighted by Gasteiger charge is 2.34. The van der Waals surface area contributed by atoms with E-state index in [0.717, 1.165) is 0 Å². The standard InChI is InChI=1S/C21H29ClN6O5S/c1-6-12-17(22)26-18(23-12)19(29)24-13-8-9-28(10-14(13)31-4)21-25-15(20(30)33-7-2)16(34-21)11(3)27-32-5/h13-14H,6-10H2,1-5H3,(H,23,26)(H,24,29)/b27-11-/t13-,14+/m0/s1. The molecule has 1 amide bonds. The number of carbonyl (C=O) groups excluding carboxylic acids is 2. The molecule has 2 aromatic rings. The molecule has 1 fully saturated rings. The number of esters is 1. The molecule has 3 heterocycles. The van der Waals surface area contributed by atoms with Crippen molar-refractivity contribution in [1.29, 1.82) is 0 Å². The van der Waals surface area contributed by atoms with Crippen LogP contribution >= 0.6 is 22.9 Å². The van der Waals surface area contributed by atoms with E-state index in [0.29, 0.717) is 52.5 Å². The fourth-order valence-electron chi connectivity index (χ4n) is 3.67. The number of nitrogens with zero attached hydrogens (tertiary/aromatic N) is 4. The number of nitrogens with one attached hydrogen (secondary N) is 2. The molecule has 2 atom stereocenters. The van der Waals surface area contributed by atoms with Crippen LogP contribution in [0.2, 0.25) is 5.15 Å². The smallest absolute Gasteiger partial charge is 0.358 e. The van der Waals surface area contributed by atoms with Gasteiger partial charge in [0, 0.05) is 20.2 Å². The Hall–Kier alpha value is -2.70. The summed E-state index contributed by atoms with van der Waals surface area (Å²) >= 11 is 7.40. The summed E-state index contributed by atoms with van der Waals surface area (Å²) in [5, 5.41) is 7.88. The lowest BCUT2D eigenvalue weighted by Gasteiger charge is -2.37. The molecule has 1 saturated heterocycles. The summed E-state index contributed by atoms with van der Waals surface area (Å²) in [6.07, 6.45) is 0.950. The molecule has 11 nitrogen and oxygen atoms in total. The Balaban J connectivity index is 1.76. The quantitative estimate of drug-likeness (QED) is 0.298. The van der Waals surface area contributed by atoms with Gasteiger partial charge in [0.2, 0.25) is 0 Å². The molecule has 2 N–H and O–H groups in total. The molecule has 34 heavy (non-hydrogen) atoms. The van der Waals surface area contributed by atoms with Crippen LogP contribution in [0.5, 0.6) is 0 Å². The molecule has 0 aliphatic carbocycles. The number of halogens is 1. The van der Waals surface area contributed by atoms with Crippen LogP contribution in [0, 0.1) is 0 Å². The van der Waals surface area contributed by atoms with E-state index in [4.69, 9.17) is 25.9 Å². The Morgan fingerprint density at radius 3 is 2.71 bits per heavy atom. The van der Waals surface area contributed by atoms with Gasteiger partial charge in [0.15, 0.2) is 21.8 Å². The first-order valence-corrected chi connectivity index (χ1v) is 12.1. The van der Waals surface area contributed by atoms with E-state index in [1.54, 1.807) is 21.0 Å². The number of hydrogen-bond donors (Lipinski definition) is 2. The van der Waals surface area contributed by atoms with Gasteiger partial charge < -0.3 is 29.5 Å². The maximum atomic E-state index is 12.7. The van der Waals surface area contributed by atoms with Crippen LogP contribution in [0.15, 0.2) is 5.16 Å². The first kappa shape index (κ1) is 25.9. The van der Waals surface area contributed by atoms with E-state index in [9.17, 15) is 9.59 Å². The zero-order valence-corrected chi connectivity index (χ0v) is 21.4. The van der Waals surface area contributed by atoms with Crippen molar-refractivity contribution in [3.63, 3.8) is 0 Å². The molecule has 0 radical (unpaired) electrons. The Labute approximate surface area is 206 Å². The molecule has 2 aromatic heterocycles. The Morgan fingerprint density at radius 1 is 1.32 bits per heavy atom. The molecule has 0 aromatic carbocycles. The average Bonchev–Trinajstić information content (AvgIpc) is 3.43. The van der Waals surface area contributed by atoms with Gasteiger partial charge in [-0.25, -0.2) is 14.8 Å². The SMILES string of the molecule is CCOC(=O)c1nc(N2CC[C@H](NC(=O)c3nc(Cl)c(CC)[nH]3)[C@H](OC)C2)sc1/C(C)=N\OC. The van der Waals surface area contributed by atoms with Crippen LogP contribution < -0.4 is 10.2 Å². The van der Waals surface area contributed by atoms with Crippen molar-refractivity contribution < 1.29 is 23.9 Å². The number of ether oxygens (including phenoxy) is 2. The summed E-state index contributed by atoms with van der Waals surface area (Å²) in [4.78, 5) is 44.3. The van der Waals surface area contributed by atoms with Gasteiger partial charge in [-0.2, -0.15) is 0 Å². The van der Waals surface area contributed by atoms with Crippen LogP contribution in [-0.4, -0.2) is 78.6 Å². The number of amides is 1. The van der Waals surface area contributed by atoms with Crippen molar-refractivity contribution in [2.75, 3.05) is 38.8 Å². The van der Waals surface area contributed by atoms with Gasteiger partial charge in [-0.1, -0.05) is 35.0 Å². The predicted octanol–water partition coefficient (Wildman–Crippen LogP) is 2.65. The molecule has 13 heteroatoms. The van der Waals surface area contributed by atoms with E-state index in [1.807, 2.05) is 11.8 Å². The van der Waals surface area contributed by atoms with E-state index in [-0.39, 0.29) is 36.2 Å². The third kappa shape index (κ3) is 5.68. The number of oxime groups is 1. The molecule has 1 aliphatic heterocycles. The minimum absolute atomic E-state index is 0.177. The number of imidazole rings is 1. The highest BCUT2D eigenvalue weighted by molar-refractivity contribution is 7.17. The van der Waals surface area contributed by atoms with E-state index in [1.165, 1.54) is 18.4 Å². The normalized spacial score (nSPS) is 18.6. The second kappa shape index (κ2) is 11.6. The lowest BCUT2D eigenvalue weighted by atomic mass is 10.0. The summed E-state index contributed by atoms with van der Waals surface area (Å²) in [6.45, 7) is 6.72. The highest BCUT2D eigenvalue weighted by Crippen LogP contribution is 2.30. The fraction of sp³-hybridized carbons (Fsp3) is 0.571. The van der Waals surface area contributed by atoms with E-state index < -0.39 is 5.97 Å². The monoisotopic (exact) mass is 512 g/mol. The number of aryl methyl sites for hydroxylation is 1. The van der Waals surface area contributed by atoms with E-state index >= 15 is 0 Å². The van der Waals surface area contributed by atoms with Gasteiger partial charge in [-0.15, -0.1) is 0 Å². The molecule has 0 spiro atoms. The van der Waals surface area contributed by atoms with Gasteiger partial charge in [0.1, 0.15) is 7.11 Å². The zero-order chi connectivity index (χ0) is 24.8. The molecule has 0 bridgehead atoms. The molecule has 186 valence electrons. The topological polar surface area (TPSA) is 131 Å². The fourth-order valence-corrected chi connectivity index (χ4v) is 4.96. The van der Waals surface area contributed by atoms with Crippen molar-refractivity contribution in [3.05, 3.63) is 27.2 Å². The Morgan fingerprint density at radius 2 is 2.09 bits per heavy atom. The van der Waals surface area contributed by atoms with E-state index in [2.05, 4.69) is 25.4 Å². The predicted molar refractivity (Wildman–Crippen MR) is 129 cm³/mol. The number of H-pyrrole nitrogens is 1. The van der Waals surface area contributed by atoms with Crippen molar-refractivity contribution >= 4 is 45.7 Å². The number of thiazole rings is 1. The number of carbonyl (C=O) groups is 2. The van der Waals surface area contributed by atoms with Gasteiger partial charge in [0.05, 0.1) is 35.0 Å². The molecule has 1 aliphatic rings. The van der Waals surface area contributed by atoms with Crippen molar-refractivity contribution in [1.82, 2.24) is 20.3 Å². The molecular formula is C21H29ClN6O5S. The maximum absolute atomic E-state index is 12.7. The molecule has 0 unspecified atom stereocenters. The van der Waals surface area contributed by atoms with Crippen LogP contribution in [-0.2, 0) is 20.7 Å². The number of rotatable bonds is 9. The van der Waals surface area contributed by atoms with Gasteiger partial charge in [-0.3, -0.25) is 4.79 Å². The maximum Gasteiger partial charge on any atom is 0.358 e. The molecule has 0 saturated carbocycles. The van der Waals surface area contributed by atoms with Crippen LogP contribution in [0.4, 0.5) is 5.13 Å². The highest BCUT2D eigenvalue weighted by atomic mass is 35.5. The lowest BCUT2D eigenvalue weighted by Crippen LogP contribution is -2.55. The number of hydrogen-bond acceptors (Lipinski definition) is 10. The molecular weight excluding hydrogens is 484 g/mol. The first-order valence-electron chi connectivity index (χ1n) is 10.9. The van der Waals surface area contributed by atoms with Gasteiger partial charge in [-0.05, 0) is 26.7 Å². The van der Waals surface area contributed by atoms with Crippen molar-refractivity contribution in [2.24, 2.45) is 5.16 Å². The number of anilines is 1. The Bertz CT molecular complexity index is 1050. The third-order valence-corrected chi connectivity index (χ3v) is 6.92.